The Labute approximate surface area is 132 Å². The summed E-state index contributed by atoms with van der Waals surface area (Å²) in [6.45, 7) is 5.25. The Morgan fingerprint density at radius 2 is 2.00 bits per heavy atom. The lowest BCUT2D eigenvalue weighted by Crippen LogP contribution is -3.13. The number of carbonyl (C=O) groups is 1. The molecule has 1 aliphatic rings. The van der Waals surface area contributed by atoms with Crippen molar-refractivity contribution in [1.82, 2.24) is 0 Å². The smallest absolute Gasteiger partial charge is 0.331 e. The second kappa shape index (κ2) is 8.59. The minimum absolute atomic E-state index is 0.0529. The number of hydrogen-bond donors (Lipinski definition) is 1. The summed E-state index contributed by atoms with van der Waals surface area (Å²) in [5, 5.41) is 0. The van der Waals surface area contributed by atoms with Crippen LogP contribution in [0.3, 0.4) is 0 Å². The van der Waals surface area contributed by atoms with Crippen LogP contribution in [-0.2, 0) is 9.53 Å². The number of benzene rings is 1. The van der Waals surface area contributed by atoms with Gasteiger partial charge in [-0.3, -0.25) is 0 Å². The first kappa shape index (κ1) is 16.6. The molecule has 1 atom stereocenters. The van der Waals surface area contributed by atoms with Crippen LogP contribution in [0, 0.1) is 0 Å². The highest BCUT2D eigenvalue weighted by molar-refractivity contribution is 5.87. The highest BCUT2D eigenvalue weighted by Gasteiger charge is 2.18. The van der Waals surface area contributed by atoms with Gasteiger partial charge in [0.05, 0.1) is 20.2 Å². The number of para-hydroxylation sites is 1. The third kappa shape index (κ3) is 5.19. The molecule has 1 aliphatic heterocycles. The molecule has 1 aromatic carbocycles. The quantitative estimate of drug-likeness (QED) is 0.642. The molecule has 0 saturated carbocycles. The fourth-order valence-corrected chi connectivity index (χ4v) is 2.90. The summed E-state index contributed by atoms with van der Waals surface area (Å²) in [6.07, 6.45) is 7.05. The van der Waals surface area contributed by atoms with Gasteiger partial charge in [-0.05, 0) is 38.3 Å². The Hall–Kier alpha value is -1.81. The van der Waals surface area contributed by atoms with E-state index in [9.17, 15) is 4.79 Å². The molecule has 0 aliphatic carbocycles. The van der Waals surface area contributed by atoms with Crippen molar-refractivity contribution in [1.29, 1.82) is 0 Å². The summed E-state index contributed by atoms with van der Waals surface area (Å²) in [6, 6.07) is 7.59. The molecular formula is C18H26NO3+. The minimum Gasteiger partial charge on any atom is -0.496 e. The van der Waals surface area contributed by atoms with Gasteiger partial charge in [0.15, 0.2) is 0 Å². The molecule has 0 bridgehead atoms. The SMILES string of the molecule is COc1ccccc1/C=C/C(=O)O[C@@H](C)C[NH+]1CCCCC1. The Morgan fingerprint density at radius 1 is 1.27 bits per heavy atom. The van der Waals surface area contributed by atoms with Crippen molar-refractivity contribution >= 4 is 12.0 Å². The lowest BCUT2D eigenvalue weighted by atomic mass is 10.1. The molecule has 0 radical (unpaired) electrons. The molecule has 4 heteroatoms. The summed E-state index contributed by atoms with van der Waals surface area (Å²) >= 11 is 0. The molecular weight excluding hydrogens is 278 g/mol. The number of rotatable bonds is 6. The first-order valence-electron chi connectivity index (χ1n) is 8.04. The van der Waals surface area contributed by atoms with E-state index in [4.69, 9.17) is 9.47 Å². The van der Waals surface area contributed by atoms with E-state index in [1.54, 1.807) is 18.1 Å². The minimum atomic E-state index is -0.296. The first-order chi connectivity index (χ1) is 10.7. The van der Waals surface area contributed by atoms with Crippen LogP contribution < -0.4 is 9.64 Å². The van der Waals surface area contributed by atoms with E-state index in [-0.39, 0.29) is 12.1 Å². The Kier molecular flexibility index (Phi) is 6.46. The standard InChI is InChI=1S/C18H25NO3/c1-15(14-19-12-6-3-7-13-19)22-18(20)11-10-16-8-4-5-9-17(16)21-2/h4-5,8-11,15H,3,6-7,12-14H2,1-2H3/p+1/b11-10+/t15-/m0/s1. The van der Waals surface area contributed by atoms with E-state index in [1.807, 2.05) is 31.2 Å². The molecule has 0 aromatic heterocycles. The number of carbonyl (C=O) groups excluding carboxylic acids is 1. The molecule has 1 fully saturated rings. The third-order valence-corrected chi connectivity index (χ3v) is 3.99. The second-order valence-corrected chi connectivity index (χ2v) is 5.84. The second-order valence-electron chi connectivity index (χ2n) is 5.84. The van der Waals surface area contributed by atoms with Crippen LogP contribution in [0.1, 0.15) is 31.7 Å². The number of quaternary nitrogens is 1. The van der Waals surface area contributed by atoms with Gasteiger partial charge in [0.25, 0.3) is 0 Å². The molecule has 1 heterocycles. The molecule has 1 saturated heterocycles. The third-order valence-electron chi connectivity index (χ3n) is 3.99. The normalized spacial score (nSPS) is 17.4. The number of esters is 1. The van der Waals surface area contributed by atoms with E-state index in [1.165, 1.54) is 38.4 Å². The Balaban J connectivity index is 1.82. The van der Waals surface area contributed by atoms with Gasteiger partial charge in [-0.1, -0.05) is 18.2 Å². The molecule has 22 heavy (non-hydrogen) atoms. The van der Waals surface area contributed by atoms with Crippen LogP contribution in [-0.4, -0.2) is 38.8 Å². The van der Waals surface area contributed by atoms with Crippen molar-refractivity contribution < 1.29 is 19.2 Å². The molecule has 1 N–H and O–H groups in total. The van der Waals surface area contributed by atoms with Gasteiger partial charge in [-0.15, -0.1) is 0 Å². The maximum absolute atomic E-state index is 11.9. The van der Waals surface area contributed by atoms with Crippen molar-refractivity contribution in [3.63, 3.8) is 0 Å². The molecule has 0 unspecified atom stereocenters. The van der Waals surface area contributed by atoms with Crippen molar-refractivity contribution in [2.75, 3.05) is 26.7 Å². The van der Waals surface area contributed by atoms with Crippen LogP contribution in [0.2, 0.25) is 0 Å². The van der Waals surface area contributed by atoms with E-state index in [0.717, 1.165) is 17.9 Å². The maximum Gasteiger partial charge on any atom is 0.331 e. The lowest BCUT2D eigenvalue weighted by molar-refractivity contribution is -0.907. The lowest BCUT2D eigenvalue weighted by Gasteiger charge is -2.25. The molecule has 0 spiro atoms. The molecule has 4 nitrogen and oxygen atoms in total. The van der Waals surface area contributed by atoms with Crippen LogP contribution in [0.5, 0.6) is 5.75 Å². The monoisotopic (exact) mass is 304 g/mol. The highest BCUT2D eigenvalue weighted by Crippen LogP contribution is 2.18. The largest absolute Gasteiger partial charge is 0.496 e. The summed E-state index contributed by atoms with van der Waals surface area (Å²) in [4.78, 5) is 13.5. The summed E-state index contributed by atoms with van der Waals surface area (Å²) < 4.78 is 10.7. The number of hydrogen-bond acceptors (Lipinski definition) is 3. The number of methoxy groups -OCH3 is 1. The number of nitrogens with one attached hydrogen (secondary N) is 1. The van der Waals surface area contributed by atoms with Gasteiger partial charge < -0.3 is 14.4 Å². The predicted octanol–water partition coefficient (Wildman–Crippen LogP) is 1.71. The number of ether oxygens (including phenoxy) is 2. The van der Waals surface area contributed by atoms with Gasteiger partial charge in [0.2, 0.25) is 0 Å². The van der Waals surface area contributed by atoms with E-state index in [0.29, 0.717) is 0 Å². The Morgan fingerprint density at radius 3 is 2.73 bits per heavy atom. The Bertz CT molecular complexity index is 507. The van der Waals surface area contributed by atoms with Gasteiger partial charge in [0, 0.05) is 11.6 Å². The van der Waals surface area contributed by atoms with Gasteiger partial charge >= 0.3 is 5.97 Å². The average Bonchev–Trinajstić information content (AvgIpc) is 2.54. The molecule has 0 amide bonds. The molecule has 1 aromatic rings. The van der Waals surface area contributed by atoms with Crippen molar-refractivity contribution in [2.24, 2.45) is 0 Å². The summed E-state index contributed by atoms with van der Waals surface area (Å²) in [5.74, 6) is 0.451. The van der Waals surface area contributed by atoms with E-state index in [2.05, 4.69) is 0 Å². The van der Waals surface area contributed by atoms with Crippen molar-refractivity contribution in [2.45, 2.75) is 32.3 Å². The van der Waals surface area contributed by atoms with Crippen LogP contribution >= 0.6 is 0 Å². The topological polar surface area (TPSA) is 40.0 Å². The van der Waals surface area contributed by atoms with Gasteiger partial charge in [-0.2, -0.15) is 0 Å². The van der Waals surface area contributed by atoms with Gasteiger partial charge in [-0.25, -0.2) is 4.79 Å². The fourth-order valence-electron chi connectivity index (χ4n) is 2.90. The van der Waals surface area contributed by atoms with E-state index < -0.39 is 0 Å². The summed E-state index contributed by atoms with van der Waals surface area (Å²) in [7, 11) is 1.62. The zero-order valence-corrected chi connectivity index (χ0v) is 13.5. The first-order valence-corrected chi connectivity index (χ1v) is 8.04. The number of likely N-dealkylation sites (tertiary alicyclic amines) is 1. The summed E-state index contributed by atoms with van der Waals surface area (Å²) in [5.41, 5.74) is 0.872. The predicted molar refractivity (Wildman–Crippen MR) is 87.0 cm³/mol. The zero-order valence-electron chi connectivity index (χ0n) is 13.5. The van der Waals surface area contributed by atoms with Crippen LogP contribution in [0.25, 0.3) is 6.08 Å². The van der Waals surface area contributed by atoms with Crippen molar-refractivity contribution in [3.05, 3.63) is 35.9 Å². The average molecular weight is 304 g/mol. The van der Waals surface area contributed by atoms with E-state index >= 15 is 0 Å². The maximum atomic E-state index is 11.9. The molecule has 120 valence electrons. The fraction of sp³-hybridized carbons (Fsp3) is 0.500. The number of piperidine rings is 1. The van der Waals surface area contributed by atoms with Crippen LogP contribution in [0.4, 0.5) is 0 Å². The molecule has 2 rings (SSSR count). The zero-order chi connectivity index (χ0) is 15.8. The van der Waals surface area contributed by atoms with Crippen molar-refractivity contribution in [3.8, 4) is 5.75 Å². The highest BCUT2D eigenvalue weighted by atomic mass is 16.5. The van der Waals surface area contributed by atoms with Crippen LogP contribution in [0.15, 0.2) is 30.3 Å². The van der Waals surface area contributed by atoms with Gasteiger partial charge in [0.1, 0.15) is 18.4 Å².